The van der Waals surface area contributed by atoms with Gasteiger partial charge in [0.25, 0.3) is 0 Å². The Bertz CT molecular complexity index is 807. The molecule has 3 nitrogen and oxygen atoms in total. The van der Waals surface area contributed by atoms with E-state index in [0.29, 0.717) is 11.1 Å². The minimum absolute atomic E-state index is 0.511. The molecule has 4 rings (SSSR count). The Kier molecular flexibility index (Phi) is 3.08. The summed E-state index contributed by atoms with van der Waals surface area (Å²) in [7, 11) is 0. The molecule has 4 heteroatoms. The lowest BCUT2D eigenvalue weighted by Gasteiger charge is -2.07. The number of pyridine rings is 1. The molecule has 1 aliphatic rings. The molecule has 0 bridgehead atoms. The summed E-state index contributed by atoms with van der Waals surface area (Å²) in [4.78, 5) is 13.4. The maximum absolute atomic E-state index is 6.14. The lowest BCUT2D eigenvalue weighted by molar-refractivity contribution is 0.888. The summed E-state index contributed by atoms with van der Waals surface area (Å²) < 4.78 is 0. The summed E-state index contributed by atoms with van der Waals surface area (Å²) in [6.07, 6.45) is 4.96. The first-order valence-corrected chi connectivity index (χ1v) is 7.53. The van der Waals surface area contributed by atoms with Gasteiger partial charge in [0.2, 0.25) is 0 Å². The van der Waals surface area contributed by atoms with Gasteiger partial charge in [0.15, 0.2) is 0 Å². The van der Waals surface area contributed by atoms with Gasteiger partial charge in [0, 0.05) is 23.9 Å². The third-order valence-corrected chi connectivity index (χ3v) is 4.01. The summed E-state index contributed by atoms with van der Waals surface area (Å²) in [5.74, 6) is 1.41. The molecule has 2 aromatic heterocycles. The molecular weight excluding hydrogens is 282 g/mol. The van der Waals surface area contributed by atoms with Crippen molar-refractivity contribution in [2.45, 2.75) is 25.2 Å². The number of fused-ring (bicyclic) bond motifs is 1. The second-order valence-corrected chi connectivity index (χ2v) is 5.87. The van der Waals surface area contributed by atoms with Crippen LogP contribution in [-0.4, -0.2) is 15.0 Å². The van der Waals surface area contributed by atoms with Crippen LogP contribution in [0.3, 0.4) is 0 Å². The average molecular weight is 296 g/mol. The average Bonchev–Trinajstić information content (AvgIpc) is 3.32. The zero-order chi connectivity index (χ0) is 14.2. The van der Waals surface area contributed by atoms with Crippen LogP contribution >= 0.6 is 11.6 Å². The fraction of sp³-hybridized carbons (Fsp3) is 0.235. The van der Waals surface area contributed by atoms with Crippen LogP contribution < -0.4 is 0 Å². The van der Waals surface area contributed by atoms with Crippen LogP contribution in [0.1, 0.15) is 35.8 Å². The first-order valence-electron chi connectivity index (χ1n) is 7.15. The van der Waals surface area contributed by atoms with Crippen molar-refractivity contribution >= 4 is 22.5 Å². The van der Waals surface area contributed by atoms with E-state index < -0.39 is 0 Å². The zero-order valence-corrected chi connectivity index (χ0v) is 12.2. The van der Waals surface area contributed by atoms with Crippen molar-refractivity contribution in [1.82, 2.24) is 15.0 Å². The number of hydrogen-bond acceptors (Lipinski definition) is 3. The molecule has 104 valence electrons. The molecule has 0 amide bonds. The highest BCUT2D eigenvalue weighted by molar-refractivity contribution is 6.29. The summed E-state index contributed by atoms with van der Waals surface area (Å²) in [6.45, 7) is 0. The van der Waals surface area contributed by atoms with E-state index in [0.717, 1.165) is 23.5 Å². The molecule has 0 spiro atoms. The molecule has 0 atom stereocenters. The van der Waals surface area contributed by atoms with Gasteiger partial charge < -0.3 is 0 Å². The third-order valence-electron chi connectivity index (χ3n) is 3.82. The molecule has 2 heterocycles. The SMILES string of the molecule is Clc1cc(Cc2ccnc3ccccc23)nc(C2CC2)n1. The highest BCUT2D eigenvalue weighted by Gasteiger charge is 2.27. The van der Waals surface area contributed by atoms with Crippen LogP contribution in [0.2, 0.25) is 5.15 Å². The van der Waals surface area contributed by atoms with E-state index in [2.05, 4.69) is 27.1 Å². The number of halogens is 1. The van der Waals surface area contributed by atoms with Crippen LogP contribution in [0.4, 0.5) is 0 Å². The number of para-hydroxylation sites is 1. The summed E-state index contributed by atoms with van der Waals surface area (Å²) in [5, 5.41) is 1.71. The number of benzene rings is 1. The van der Waals surface area contributed by atoms with Gasteiger partial charge in [0.05, 0.1) is 11.2 Å². The Balaban J connectivity index is 1.74. The number of hydrogen-bond donors (Lipinski definition) is 0. The van der Waals surface area contributed by atoms with E-state index in [4.69, 9.17) is 11.6 Å². The van der Waals surface area contributed by atoms with Gasteiger partial charge in [-0.25, -0.2) is 9.97 Å². The molecule has 1 aromatic carbocycles. The second kappa shape index (κ2) is 5.08. The quantitative estimate of drug-likeness (QED) is 0.681. The largest absolute Gasteiger partial charge is 0.256 e. The summed E-state index contributed by atoms with van der Waals surface area (Å²) >= 11 is 6.14. The van der Waals surface area contributed by atoms with Crippen molar-refractivity contribution < 1.29 is 0 Å². The molecule has 0 N–H and O–H groups in total. The van der Waals surface area contributed by atoms with Crippen molar-refractivity contribution in [1.29, 1.82) is 0 Å². The predicted molar refractivity (Wildman–Crippen MR) is 83.6 cm³/mol. The lowest BCUT2D eigenvalue weighted by atomic mass is 10.0. The monoisotopic (exact) mass is 295 g/mol. The minimum atomic E-state index is 0.511. The minimum Gasteiger partial charge on any atom is -0.256 e. The first-order chi connectivity index (χ1) is 10.3. The predicted octanol–water partition coefficient (Wildman–Crippen LogP) is 4.15. The first kappa shape index (κ1) is 12.7. The van der Waals surface area contributed by atoms with E-state index in [-0.39, 0.29) is 0 Å². The van der Waals surface area contributed by atoms with E-state index in [9.17, 15) is 0 Å². The van der Waals surface area contributed by atoms with E-state index in [1.165, 1.54) is 23.8 Å². The molecular formula is C17H14ClN3. The molecule has 3 aromatic rings. The zero-order valence-electron chi connectivity index (χ0n) is 11.5. The van der Waals surface area contributed by atoms with Gasteiger partial charge >= 0.3 is 0 Å². The third kappa shape index (κ3) is 2.61. The van der Waals surface area contributed by atoms with Gasteiger partial charge in [-0.15, -0.1) is 0 Å². The van der Waals surface area contributed by atoms with Crippen molar-refractivity contribution in [3.05, 3.63) is 64.8 Å². The number of aromatic nitrogens is 3. The molecule has 21 heavy (non-hydrogen) atoms. The Morgan fingerprint density at radius 3 is 2.81 bits per heavy atom. The van der Waals surface area contributed by atoms with Crippen molar-refractivity contribution in [3.8, 4) is 0 Å². The molecule has 0 aliphatic heterocycles. The van der Waals surface area contributed by atoms with Gasteiger partial charge in [-0.05, 0) is 36.6 Å². The Morgan fingerprint density at radius 1 is 1.10 bits per heavy atom. The molecule has 1 aliphatic carbocycles. The topological polar surface area (TPSA) is 38.7 Å². The maximum atomic E-state index is 6.14. The van der Waals surface area contributed by atoms with Crippen molar-refractivity contribution in [3.63, 3.8) is 0 Å². The Labute approximate surface area is 128 Å². The Hall–Kier alpha value is -2.00. The second-order valence-electron chi connectivity index (χ2n) is 5.48. The molecule has 0 saturated heterocycles. The van der Waals surface area contributed by atoms with Crippen molar-refractivity contribution in [2.75, 3.05) is 0 Å². The van der Waals surface area contributed by atoms with Crippen LogP contribution in [-0.2, 0) is 6.42 Å². The van der Waals surface area contributed by atoms with Gasteiger partial charge in [-0.2, -0.15) is 0 Å². The smallest absolute Gasteiger partial charge is 0.133 e. The Morgan fingerprint density at radius 2 is 1.95 bits per heavy atom. The van der Waals surface area contributed by atoms with Gasteiger partial charge in [-0.1, -0.05) is 29.8 Å². The highest BCUT2D eigenvalue weighted by atomic mass is 35.5. The highest BCUT2D eigenvalue weighted by Crippen LogP contribution is 2.38. The van der Waals surface area contributed by atoms with Gasteiger partial charge in [-0.3, -0.25) is 4.98 Å². The van der Waals surface area contributed by atoms with E-state index in [1.807, 2.05) is 30.5 Å². The van der Waals surface area contributed by atoms with Crippen molar-refractivity contribution in [2.24, 2.45) is 0 Å². The molecule has 1 fully saturated rings. The van der Waals surface area contributed by atoms with E-state index in [1.54, 1.807) is 0 Å². The molecule has 0 unspecified atom stereocenters. The normalized spacial score (nSPS) is 14.5. The van der Waals surface area contributed by atoms with Crippen LogP contribution in [0.15, 0.2) is 42.6 Å². The van der Waals surface area contributed by atoms with E-state index >= 15 is 0 Å². The summed E-state index contributed by atoms with van der Waals surface area (Å²) in [5.41, 5.74) is 3.21. The van der Waals surface area contributed by atoms with Crippen LogP contribution in [0.25, 0.3) is 10.9 Å². The summed E-state index contributed by atoms with van der Waals surface area (Å²) in [6, 6.07) is 12.1. The fourth-order valence-corrected chi connectivity index (χ4v) is 2.82. The molecule has 0 radical (unpaired) electrons. The molecule has 1 saturated carbocycles. The van der Waals surface area contributed by atoms with Gasteiger partial charge in [0.1, 0.15) is 11.0 Å². The number of rotatable bonds is 3. The number of nitrogens with zero attached hydrogens (tertiary/aromatic N) is 3. The maximum Gasteiger partial charge on any atom is 0.133 e. The lowest BCUT2D eigenvalue weighted by Crippen LogP contribution is -2.00. The van der Waals surface area contributed by atoms with Crippen LogP contribution in [0, 0.1) is 0 Å². The standard InChI is InChI=1S/C17H14ClN3/c18-16-10-13(20-17(21-16)11-5-6-11)9-12-7-8-19-15-4-2-1-3-14(12)15/h1-4,7-8,10-11H,5-6,9H2. The van der Waals surface area contributed by atoms with Crippen LogP contribution in [0.5, 0.6) is 0 Å². The fourth-order valence-electron chi connectivity index (χ4n) is 2.60.